The molecule has 0 unspecified atom stereocenters. The Balaban J connectivity index is 2.29. The molecule has 0 N–H and O–H groups in total. The largest absolute Gasteiger partial charge is 0.345 e. The zero-order valence-corrected chi connectivity index (χ0v) is 8.72. The monoisotopic (exact) mass is 195 g/mol. The standard InChI is InChI=1S/C14H13N/c1-12-8-10-14(11-9-12)15(2)13-6-4-3-5-7-13/h1,3-11H,2H3. The van der Waals surface area contributed by atoms with E-state index in [1.54, 1.807) is 0 Å². The lowest BCUT2D eigenvalue weighted by Crippen LogP contribution is -2.08. The molecule has 0 aliphatic carbocycles. The van der Waals surface area contributed by atoms with E-state index >= 15 is 0 Å². The fraction of sp³-hybridized carbons (Fsp3) is 0.0714. The highest BCUT2D eigenvalue weighted by atomic mass is 15.1. The summed E-state index contributed by atoms with van der Waals surface area (Å²) in [4.78, 5) is 2.12. The summed E-state index contributed by atoms with van der Waals surface area (Å²) in [6, 6.07) is 18.1. The molecule has 0 heterocycles. The minimum atomic E-state index is 0.792. The van der Waals surface area contributed by atoms with Gasteiger partial charge in [0.25, 0.3) is 0 Å². The Morgan fingerprint density at radius 3 is 1.93 bits per heavy atom. The smallest absolute Gasteiger partial charge is 0.0408 e. The molecule has 1 heteroatoms. The van der Waals surface area contributed by atoms with Crippen LogP contribution in [0.1, 0.15) is 5.56 Å². The minimum absolute atomic E-state index is 0.792. The van der Waals surface area contributed by atoms with Gasteiger partial charge >= 0.3 is 0 Å². The highest BCUT2D eigenvalue weighted by Crippen LogP contribution is 2.22. The lowest BCUT2D eigenvalue weighted by molar-refractivity contribution is 1.21. The summed E-state index contributed by atoms with van der Waals surface area (Å²) in [5.41, 5.74) is 3.10. The molecule has 0 saturated heterocycles. The Kier molecular flexibility index (Phi) is 2.72. The summed E-state index contributed by atoms with van der Waals surface area (Å²) in [6.07, 6.45) is 0. The molecule has 0 spiro atoms. The molecular weight excluding hydrogens is 182 g/mol. The maximum Gasteiger partial charge on any atom is 0.0408 e. The van der Waals surface area contributed by atoms with E-state index in [0.29, 0.717) is 0 Å². The topological polar surface area (TPSA) is 3.24 Å². The van der Waals surface area contributed by atoms with Crippen molar-refractivity contribution in [2.45, 2.75) is 0 Å². The maximum atomic E-state index is 5.65. The van der Waals surface area contributed by atoms with Crippen LogP contribution in [0.5, 0.6) is 0 Å². The zero-order chi connectivity index (χ0) is 10.7. The Morgan fingerprint density at radius 2 is 1.33 bits per heavy atom. The van der Waals surface area contributed by atoms with Crippen LogP contribution in [0.15, 0.2) is 54.6 Å². The van der Waals surface area contributed by atoms with Gasteiger partial charge in [0, 0.05) is 18.4 Å². The molecule has 1 nitrogen and oxygen atoms in total. The third kappa shape index (κ3) is 2.18. The maximum absolute atomic E-state index is 5.65. The summed E-state index contributed by atoms with van der Waals surface area (Å²) in [5.74, 6) is 0. The van der Waals surface area contributed by atoms with Crippen LogP contribution >= 0.6 is 0 Å². The van der Waals surface area contributed by atoms with E-state index in [4.69, 9.17) is 6.92 Å². The number of benzene rings is 2. The van der Waals surface area contributed by atoms with Gasteiger partial charge in [-0.2, -0.15) is 0 Å². The molecule has 0 amide bonds. The highest BCUT2D eigenvalue weighted by Gasteiger charge is 2.01. The quantitative estimate of drug-likeness (QED) is 0.708. The molecule has 0 aliphatic rings. The third-order valence-corrected chi connectivity index (χ3v) is 2.42. The van der Waals surface area contributed by atoms with Gasteiger partial charge in [0.05, 0.1) is 0 Å². The van der Waals surface area contributed by atoms with Crippen LogP contribution in [0.25, 0.3) is 0 Å². The lowest BCUT2D eigenvalue weighted by atomic mass is 10.2. The van der Waals surface area contributed by atoms with E-state index in [1.165, 1.54) is 5.69 Å². The molecule has 0 saturated carbocycles. The van der Waals surface area contributed by atoms with Crippen LogP contribution in [-0.4, -0.2) is 7.05 Å². The SMILES string of the molecule is [CH]c1ccc(N(C)c2ccccc2)cc1. The van der Waals surface area contributed by atoms with Gasteiger partial charge in [0.15, 0.2) is 0 Å². The number of para-hydroxylation sites is 1. The fourth-order valence-corrected chi connectivity index (χ4v) is 1.50. The normalized spacial score (nSPS) is 10.0. The van der Waals surface area contributed by atoms with Crippen LogP contribution in [-0.2, 0) is 0 Å². The predicted molar refractivity (Wildman–Crippen MR) is 64.3 cm³/mol. The van der Waals surface area contributed by atoms with Crippen molar-refractivity contribution in [3.05, 3.63) is 67.1 Å². The Morgan fingerprint density at radius 1 is 0.800 bits per heavy atom. The van der Waals surface area contributed by atoms with Crippen LogP contribution in [0, 0.1) is 6.92 Å². The first-order valence-corrected chi connectivity index (χ1v) is 4.92. The van der Waals surface area contributed by atoms with E-state index in [0.717, 1.165) is 11.3 Å². The molecule has 0 aliphatic heterocycles. The van der Waals surface area contributed by atoms with Gasteiger partial charge in [-0.15, -0.1) is 0 Å². The van der Waals surface area contributed by atoms with Gasteiger partial charge in [-0.05, 0) is 36.8 Å². The van der Waals surface area contributed by atoms with Gasteiger partial charge in [0.2, 0.25) is 0 Å². The second-order valence-corrected chi connectivity index (χ2v) is 3.49. The first kappa shape index (κ1) is 9.78. The summed E-state index contributed by atoms with van der Waals surface area (Å²) >= 11 is 0. The molecule has 0 aromatic heterocycles. The predicted octanol–water partition coefficient (Wildman–Crippen LogP) is 3.51. The first-order valence-electron chi connectivity index (χ1n) is 4.92. The Labute approximate surface area is 91.0 Å². The van der Waals surface area contributed by atoms with Gasteiger partial charge < -0.3 is 4.90 Å². The Hall–Kier alpha value is -1.76. The van der Waals surface area contributed by atoms with Crippen molar-refractivity contribution in [3.63, 3.8) is 0 Å². The van der Waals surface area contributed by atoms with Gasteiger partial charge in [-0.25, -0.2) is 0 Å². The molecular formula is C14H13N. The van der Waals surface area contributed by atoms with Crippen molar-refractivity contribution in [1.82, 2.24) is 0 Å². The molecule has 2 aromatic carbocycles. The molecule has 0 fully saturated rings. The average Bonchev–Trinajstić information content (AvgIpc) is 2.30. The van der Waals surface area contributed by atoms with E-state index in [-0.39, 0.29) is 0 Å². The highest BCUT2D eigenvalue weighted by molar-refractivity contribution is 5.62. The number of hydrogen-bond donors (Lipinski definition) is 0. The van der Waals surface area contributed by atoms with Crippen molar-refractivity contribution in [3.8, 4) is 0 Å². The van der Waals surface area contributed by atoms with Crippen LogP contribution in [0.4, 0.5) is 11.4 Å². The number of rotatable bonds is 2. The fourth-order valence-electron chi connectivity index (χ4n) is 1.50. The van der Waals surface area contributed by atoms with Gasteiger partial charge in [0.1, 0.15) is 0 Å². The number of nitrogens with zero attached hydrogens (tertiary/aromatic N) is 1. The van der Waals surface area contributed by atoms with E-state index in [9.17, 15) is 0 Å². The summed E-state index contributed by atoms with van der Waals surface area (Å²) in [7, 11) is 2.04. The van der Waals surface area contributed by atoms with Crippen molar-refractivity contribution < 1.29 is 0 Å². The van der Waals surface area contributed by atoms with Crippen molar-refractivity contribution in [1.29, 1.82) is 0 Å². The van der Waals surface area contributed by atoms with Gasteiger partial charge in [-0.1, -0.05) is 30.3 Å². The van der Waals surface area contributed by atoms with Crippen LogP contribution in [0.3, 0.4) is 0 Å². The van der Waals surface area contributed by atoms with E-state index < -0.39 is 0 Å². The summed E-state index contributed by atoms with van der Waals surface area (Å²) in [5, 5.41) is 0. The second kappa shape index (κ2) is 4.18. The lowest BCUT2D eigenvalue weighted by Gasteiger charge is -2.19. The molecule has 2 rings (SSSR count). The van der Waals surface area contributed by atoms with E-state index in [1.807, 2.05) is 49.5 Å². The number of hydrogen-bond acceptors (Lipinski definition) is 1. The summed E-state index contributed by atoms with van der Waals surface area (Å²) in [6.45, 7) is 5.65. The second-order valence-electron chi connectivity index (χ2n) is 3.49. The number of anilines is 2. The van der Waals surface area contributed by atoms with Crippen LogP contribution in [0.2, 0.25) is 0 Å². The van der Waals surface area contributed by atoms with Gasteiger partial charge in [-0.3, -0.25) is 0 Å². The molecule has 15 heavy (non-hydrogen) atoms. The zero-order valence-electron chi connectivity index (χ0n) is 8.72. The van der Waals surface area contributed by atoms with Crippen molar-refractivity contribution in [2.24, 2.45) is 0 Å². The van der Waals surface area contributed by atoms with Crippen molar-refractivity contribution >= 4 is 11.4 Å². The molecule has 2 radical (unpaired) electrons. The van der Waals surface area contributed by atoms with Crippen LogP contribution < -0.4 is 4.90 Å². The average molecular weight is 195 g/mol. The first-order chi connectivity index (χ1) is 7.27. The third-order valence-electron chi connectivity index (χ3n) is 2.42. The van der Waals surface area contributed by atoms with E-state index in [2.05, 4.69) is 17.0 Å². The molecule has 2 aromatic rings. The molecule has 74 valence electrons. The molecule has 0 bridgehead atoms. The van der Waals surface area contributed by atoms with Crippen molar-refractivity contribution in [2.75, 3.05) is 11.9 Å². The molecule has 0 atom stereocenters. The summed E-state index contributed by atoms with van der Waals surface area (Å²) < 4.78 is 0. The minimum Gasteiger partial charge on any atom is -0.345 e. The Bertz CT molecular complexity index is 417.